The molecular weight excluding hydrogens is 338 g/mol. The van der Waals surface area contributed by atoms with E-state index < -0.39 is 0 Å². The standard InChI is InChI=1S/C22H29N3O2/c1-6-7-13-25(5)22(27)19-14-17(11-12-23-19)21(26)24-20-16(4)9-8-10-18(20)15(2)3/h8-12,14-15H,6-7,13H2,1-5H3,(H,24,26). The SMILES string of the molecule is CCCCN(C)C(=O)c1cc(C(=O)Nc2c(C)cccc2C(C)C)ccn1. The van der Waals surface area contributed by atoms with Crippen molar-refractivity contribution >= 4 is 17.5 Å². The van der Waals surface area contributed by atoms with Crippen LogP contribution in [0.4, 0.5) is 5.69 Å². The first-order valence-corrected chi connectivity index (χ1v) is 9.47. The third-order valence-corrected chi connectivity index (χ3v) is 4.60. The molecule has 27 heavy (non-hydrogen) atoms. The number of unbranched alkanes of at least 4 members (excludes halogenated alkanes) is 1. The monoisotopic (exact) mass is 367 g/mol. The Morgan fingerprint density at radius 2 is 1.96 bits per heavy atom. The Morgan fingerprint density at radius 1 is 1.22 bits per heavy atom. The molecule has 0 aliphatic heterocycles. The largest absolute Gasteiger partial charge is 0.340 e. The molecule has 0 aliphatic rings. The molecule has 5 heteroatoms. The highest BCUT2D eigenvalue weighted by molar-refractivity contribution is 6.06. The number of carbonyl (C=O) groups is 2. The minimum atomic E-state index is -0.237. The molecule has 0 radical (unpaired) electrons. The lowest BCUT2D eigenvalue weighted by Gasteiger charge is -2.17. The Balaban J connectivity index is 2.23. The molecule has 0 atom stereocenters. The van der Waals surface area contributed by atoms with Crippen LogP contribution in [-0.2, 0) is 0 Å². The van der Waals surface area contributed by atoms with Crippen LogP contribution in [0, 0.1) is 6.92 Å². The fourth-order valence-corrected chi connectivity index (χ4v) is 2.91. The van der Waals surface area contributed by atoms with E-state index >= 15 is 0 Å². The molecule has 0 saturated carbocycles. The van der Waals surface area contributed by atoms with Crippen molar-refractivity contribution in [2.75, 3.05) is 18.9 Å². The van der Waals surface area contributed by atoms with Gasteiger partial charge >= 0.3 is 0 Å². The summed E-state index contributed by atoms with van der Waals surface area (Å²) in [6, 6.07) is 9.19. The topological polar surface area (TPSA) is 62.3 Å². The minimum absolute atomic E-state index is 0.170. The average molecular weight is 367 g/mol. The van der Waals surface area contributed by atoms with Crippen molar-refractivity contribution in [3.05, 3.63) is 58.9 Å². The lowest BCUT2D eigenvalue weighted by Crippen LogP contribution is -2.28. The summed E-state index contributed by atoms with van der Waals surface area (Å²) in [5.41, 5.74) is 3.65. The molecule has 1 N–H and O–H groups in total. The summed E-state index contributed by atoms with van der Waals surface area (Å²) in [4.78, 5) is 31.1. The lowest BCUT2D eigenvalue weighted by atomic mass is 9.98. The number of para-hydroxylation sites is 1. The number of benzene rings is 1. The first-order chi connectivity index (χ1) is 12.8. The van der Waals surface area contributed by atoms with Crippen molar-refractivity contribution in [3.63, 3.8) is 0 Å². The highest BCUT2D eigenvalue weighted by Crippen LogP contribution is 2.27. The summed E-state index contributed by atoms with van der Waals surface area (Å²) >= 11 is 0. The van der Waals surface area contributed by atoms with E-state index in [9.17, 15) is 9.59 Å². The van der Waals surface area contributed by atoms with Gasteiger partial charge in [-0.2, -0.15) is 0 Å². The number of aromatic nitrogens is 1. The highest BCUT2D eigenvalue weighted by Gasteiger charge is 2.17. The van der Waals surface area contributed by atoms with Crippen LogP contribution in [0.5, 0.6) is 0 Å². The molecule has 0 aliphatic carbocycles. The van der Waals surface area contributed by atoms with Crippen molar-refractivity contribution in [1.29, 1.82) is 0 Å². The minimum Gasteiger partial charge on any atom is -0.340 e. The predicted octanol–water partition coefficient (Wildman–Crippen LogP) is 4.64. The molecule has 1 heterocycles. The first kappa shape index (κ1) is 20.6. The normalized spacial score (nSPS) is 10.7. The van der Waals surface area contributed by atoms with E-state index in [1.54, 1.807) is 24.1 Å². The zero-order valence-corrected chi connectivity index (χ0v) is 16.9. The Bertz CT molecular complexity index is 815. The van der Waals surface area contributed by atoms with Gasteiger partial charge in [0.05, 0.1) is 0 Å². The third-order valence-electron chi connectivity index (χ3n) is 4.60. The third kappa shape index (κ3) is 5.16. The van der Waals surface area contributed by atoms with Crippen LogP contribution in [0.1, 0.15) is 71.5 Å². The molecule has 144 valence electrons. The molecule has 1 aromatic heterocycles. The van der Waals surface area contributed by atoms with Gasteiger partial charge in [0.2, 0.25) is 0 Å². The van der Waals surface area contributed by atoms with Crippen molar-refractivity contribution in [2.45, 2.75) is 46.5 Å². The fraction of sp³-hybridized carbons (Fsp3) is 0.409. The van der Waals surface area contributed by atoms with Gasteiger partial charge < -0.3 is 10.2 Å². The van der Waals surface area contributed by atoms with Gasteiger partial charge in [-0.25, -0.2) is 0 Å². The molecule has 2 amide bonds. The van der Waals surface area contributed by atoms with Gasteiger partial charge in [-0.1, -0.05) is 45.4 Å². The zero-order chi connectivity index (χ0) is 20.0. The lowest BCUT2D eigenvalue weighted by molar-refractivity contribution is 0.0787. The Hall–Kier alpha value is -2.69. The molecule has 2 rings (SSSR count). The second-order valence-corrected chi connectivity index (χ2v) is 7.16. The molecule has 2 aromatic rings. The molecule has 0 bridgehead atoms. The van der Waals surface area contributed by atoms with Gasteiger partial charge in [0.1, 0.15) is 5.69 Å². The number of nitrogens with zero attached hydrogens (tertiary/aromatic N) is 2. The molecule has 0 spiro atoms. The predicted molar refractivity (Wildman–Crippen MR) is 109 cm³/mol. The zero-order valence-electron chi connectivity index (χ0n) is 16.9. The van der Waals surface area contributed by atoms with Crippen LogP contribution in [0.25, 0.3) is 0 Å². The van der Waals surface area contributed by atoms with Crippen molar-refractivity contribution in [2.24, 2.45) is 0 Å². The van der Waals surface area contributed by atoms with Gasteiger partial charge in [0.15, 0.2) is 0 Å². The van der Waals surface area contributed by atoms with E-state index in [1.807, 2.05) is 25.1 Å². The average Bonchev–Trinajstić information content (AvgIpc) is 2.66. The molecule has 0 unspecified atom stereocenters. The number of rotatable bonds is 7. The van der Waals surface area contributed by atoms with Crippen LogP contribution in [0.15, 0.2) is 36.5 Å². The number of hydrogen-bond donors (Lipinski definition) is 1. The molecule has 5 nitrogen and oxygen atoms in total. The van der Waals surface area contributed by atoms with Gasteiger partial charge in [-0.3, -0.25) is 14.6 Å². The van der Waals surface area contributed by atoms with Crippen LogP contribution in [0.2, 0.25) is 0 Å². The molecule has 0 saturated heterocycles. The van der Waals surface area contributed by atoms with Crippen LogP contribution < -0.4 is 5.32 Å². The van der Waals surface area contributed by atoms with Crippen LogP contribution in [-0.4, -0.2) is 35.3 Å². The van der Waals surface area contributed by atoms with Crippen LogP contribution >= 0.6 is 0 Å². The van der Waals surface area contributed by atoms with E-state index in [4.69, 9.17) is 0 Å². The first-order valence-electron chi connectivity index (χ1n) is 9.47. The second kappa shape index (κ2) is 9.31. The number of aryl methyl sites for hydroxylation is 1. The van der Waals surface area contributed by atoms with E-state index in [0.717, 1.165) is 29.7 Å². The Morgan fingerprint density at radius 3 is 2.63 bits per heavy atom. The maximum absolute atomic E-state index is 12.8. The second-order valence-electron chi connectivity index (χ2n) is 7.16. The van der Waals surface area contributed by atoms with E-state index in [0.29, 0.717) is 18.0 Å². The molecule has 1 aromatic carbocycles. The highest BCUT2D eigenvalue weighted by atomic mass is 16.2. The fourth-order valence-electron chi connectivity index (χ4n) is 2.91. The number of hydrogen-bond acceptors (Lipinski definition) is 3. The van der Waals surface area contributed by atoms with Gasteiger partial charge in [0, 0.05) is 31.0 Å². The Labute approximate surface area is 161 Å². The summed E-state index contributed by atoms with van der Waals surface area (Å²) < 4.78 is 0. The van der Waals surface area contributed by atoms with Crippen molar-refractivity contribution in [3.8, 4) is 0 Å². The van der Waals surface area contributed by atoms with Crippen LogP contribution in [0.3, 0.4) is 0 Å². The maximum Gasteiger partial charge on any atom is 0.272 e. The van der Waals surface area contributed by atoms with E-state index in [2.05, 4.69) is 31.1 Å². The summed E-state index contributed by atoms with van der Waals surface area (Å²) in [5.74, 6) is -0.113. The molecule has 0 fully saturated rings. The number of anilines is 1. The van der Waals surface area contributed by atoms with E-state index in [1.165, 1.54) is 6.20 Å². The number of carbonyl (C=O) groups excluding carboxylic acids is 2. The number of pyridine rings is 1. The summed E-state index contributed by atoms with van der Waals surface area (Å²) in [6.07, 6.45) is 3.47. The summed E-state index contributed by atoms with van der Waals surface area (Å²) in [7, 11) is 1.76. The van der Waals surface area contributed by atoms with Crippen molar-refractivity contribution in [1.82, 2.24) is 9.88 Å². The number of nitrogens with one attached hydrogen (secondary N) is 1. The van der Waals surface area contributed by atoms with Gasteiger partial charge in [-0.05, 0) is 42.5 Å². The Kier molecular flexibility index (Phi) is 7.11. The number of amides is 2. The van der Waals surface area contributed by atoms with E-state index in [-0.39, 0.29) is 17.5 Å². The van der Waals surface area contributed by atoms with Crippen molar-refractivity contribution < 1.29 is 9.59 Å². The maximum atomic E-state index is 12.8. The summed E-state index contributed by atoms with van der Waals surface area (Å²) in [6.45, 7) is 8.93. The quantitative estimate of drug-likeness (QED) is 0.775. The van der Waals surface area contributed by atoms with Gasteiger partial charge in [0.25, 0.3) is 11.8 Å². The molecular formula is C22H29N3O2. The smallest absolute Gasteiger partial charge is 0.272 e. The summed E-state index contributed by atoms with van der Waals surface area (Å²) in [5, 5.41) is 3.01. The van der Waals surface area contributed by atoms with Gasteiger partial charge in [-0.15, -0.1) is 0 Å².